The fourth-order valence-electron chi connectivity index (χ4n) is 1.10. The van der Waals surface area contributed by atoms with Gasteiger partial charge in [0.2, 0.25) is 0 Å². The summed E-state index contributed by atoms with van der Waals surface area (Å²) in [6.45, 7) is 3.14. The van der Waals surface area contributed by atoms with Crippen LogP contribution in [-0.2, 0) is 4.79 Å². The highest BCUT2D eigenvalue weighted by atomic mass is 32.1. The molecule has 0 saturated heterocycles. The minimum absolute atomic E-state index is 0.453. The SMILES string of the molecule is Cc1cc(C(=O)N[C@H](CO)C(=O)O)sc1C. The summed E-state index contributed by atoms with van der Waals surface area (Å²) in [5, 5.41) is 19.7. The van der Waals surface area contributed by atoms with E-state index >= 15 is 0 Å². The highest BCUT2D eigenvalue weighted by molar-refractivity contribution is 7.14. The fourth-order valence-corrected chi connectivity index (χ4v) is 2.04. The quantitative estimate of drug-likeness (QED) is 0.720. The molecule has 1 aromatic rings. The molecule has 16 heavy (non-hydrogen) atoms. The minimum atomic E-state index is -1.25. The second kappa shape index (κ2) is 5.09. The van der Waals surface area contributed by atoms with E-state index in [0.717, 1.165) is 10.4 Å². The molecule has 0 aliphatic carbocycles. The van der Waals surface area contributed by atoms with Crippen molar-refractivity contribution in [2.75, 3.05) is 6.61 Å². The van der Waals surface area contributed by atoms with Crippen LogP contribution in [0.2, 0.25) is 0 Å². The molecule has 5 nitrogen and oxygen atoms in total. The van der Waals surface area contributed by atoms with Crippen LogP contribution in [0.5, 0.6) is 0 Å². The number of hydrogen-bond donors (Lipinski definition) is 3. The third kappa shape index (κ3) is 2.80. The van der Waals surface area contributed by atoms with Crippen LogP contribution < -0.4 is 5.32 Å². The van der Waals surface area contributed by atoms with Gasteiger partial charge in [0.15, 0.2) is 6.04 Å². The first-order chi connectivity index (χ1) is 7.45. The number of aliphatic hydroxyl groups excluding tert-OH is 1. The second-order valence-corrected chi connectivity index (χ2v) is 4.65. The molecular formula is C10H13NO4S. The first-order valence-corrected chi connectivity index (χ1v) is 5.49. The number of hydrogen-bond acceptors (Lipinski definition) is 4. The number of nitrogens with one attached hydrogen (secondary N) is 1. The lowest BCUT2D eigenvalue weighted by Gasteiger charge is -2.10. The first-order valence-electron chi connectivity index (χ1n) is 4.67. The number of aliphatic carboxylic acids is 1. The molecular weight excluding hydrogens is 230 g/mol. The average molecular weight is 243 g/mol. The number of aliphatic hydroxyl groups is 1. The van der Waals surface area contributed by atoms with Gasteiger partial charge in [0.1, 0.15) is 0 Å². The van der Waals surface area contributed by atoms with Crippen molar-refractivity contribution in [2.45, 2.75) is 19.9 Å². The first kappa shape index (κ1) is 12.7. The zero-order chi connectivity index (χ0) is 12.3. The normalized spacial score (nSPS) is 12.2. The summed E-state index contributed by atoms with van der Waals surface area (Å²) in [7, 11) is 0. The zero-order valence-corrected chi connectivity index (χ0v) is 9.80. The summed E-state index contributed by atoms with van der Waals surface area (Å²) < 4.78 is 0. The van der Waals surface area contributed by atoms with Crippen molar-refractivity contribution < 1.29 is 19.8 Å². The largest absolute Gasteiger partial charge is 0.480 e. The van der Waals surface area contributed by atoms with Crippen molar-refractivity contribution in [3.8, 4) is 0 Å². The van der Waals surface area contributed by atoms with Crippen LogP contribution in [0.4, 0.5) is 0 Å². The van der Waals surface area contributed by atoms with Crippen molar-refractivity contribution in [1.29, 1.82) is 0 Å². The topological polar surface area (TPSA) is 86.6 Å². The Morgan fingerprint density at radius 2 is 2.12 bits per heavy atom. The molecule has 0 saturated carbocycles. The van der Waals surface area contributed by atoms with Gasteiger partial charge in [-0.25, -0.2) is 4.79 Å². The van der Waals surface area contributed by atoms with E-state index in [2.05, 4.69) is 5.32 Å². The molecule has 6 heteroatoms. The van der Waals surface area contributed by atoms with E-state index < -0.39 is 24.5 Å². The van der Waals surface area contributed by atoms with Crippen molar-refractivity contribution >= 4 is 23.2 Å². The number of carboxylic acids is 1. The second-order valence-electron chi connectivity index (χ2n) is 3.40. The summed E-state index contributed by atoms with van der Waals surface area (Å²) in [6, 6.07) is 0.446. The Morgan fingerprint density at radius 3 is 2.50 bits per heavy atom. The van der Waals surface area contributed by atoms with Crippen LogP contribution in [0.1, 0.15) is 20.1 Å². The van der Waals surface area contributed by atoms with Gasteiger partial charge in [0.25, 0.3) is 5.91 Å². The van der Waals surface area contributed by atoms with Gasteiger partial charge in [-0.1, -0.05) is 0 Å². The molecule has 3 N–H and O–H groups in total. The van der Waals surface area contributed by atoms with Gasteiger partial charge in [0.05, 0.1) is 11.5 Å². The van der Waals surface area contributed by atoms with Crippen LogP contribution in [0, 0.1) is 13.8 Å². The number of carbonyl (C=O) groups is 2. The van der Waals surface area contributed by atoms with Gasteiger partial charge in [-0.05, 0) is 25.5 Å². The van der Waals surface area contributed by atoms with Crippen LogP contribution in [0.3, 0.4) is 0 Å². The third-order valence-electron chi connectivity index (χ3n) is 2.18. The van der Waals surface area contributed by atoms with Crippen molar-refractivity contribution in [2.24, 2.45) is 0 Å². The zero-order valence-electron chi connectivity index (χ0n) is 8.98. The number of rotatable bonds is 4. The lowest BCUT2D eigenvalue weighted by atomic mass is 10.2. The Hall–Kier alpha value is -1.40. The van der Waals surface area contributed by atoms with Crippen molar-refractivity contribution in [3.63, 3.8) is 0 Å². The maximum Gasteiger partial charge on any atom is 0.328 e. The van der Waals surface area contributed by atoms with Gasteiger partial charge >= 0.3 is 5.97 Å². The van der Waals surface area contributed by atoms with Crippen molar-refractivity contribution in [3.05, 3.63) is 21.4 Å². The highest BCUT2D eigenvalue weighted by Crippen LogP contribution is 2.20. The molecule has 0 fully saturated rings. The van der Waals surface area contributed by atoms with Crippen LogP contribution in [0.25, 0.3) is 0 Å². The van der Waals surface area contributed by atoms with Crippen molar-refractivity contribution in [1.82, 2.24) is 5.32 Å². The van der Waals surface area contributed by atoms with E-state index in [4.69, 9.17) is 10.2 Å². The Balaban J connectivity index is 2.75. The third-order valence-corrected chi connectivity index (χ3v) is 3.33. The molecule has 1 rings (SSSR count). The summed E-state index contributed by atoms with van der Waals surface area (Å²) in [5.41, 5.74) is 0.992. The number of thiophene rings is 1. The van der Waals surface area contributed by atoms with Crippen LogP contribution in [-0.4, -0.2) is 34.7 Å². The summed E-state index contributed by atoms with van der Waals surface area (Å²) in [6.07, 6.45) is 0. The molecule has 0 spiro atoms. The fraction of sp³-hybridized carbons (Fsp3) is 0.400. The molecule has 1 amide bonds. The molecule has 88 valence electrons. The van der Waals surface area contributed by atoms with E-state index in [1.165, 1.54) is 11.3 Å². The Labute approximate surface area is 96.7 Å². The van der Waals surface area contributed by atoms with Crippen LogP contribution in [0.15, 0.2) is 6.07 Å². The maximum atomic E-state index is 11.6. The predicted octanol–water partition coefficient (Wildman–Crippen LogP) is 0.540. The number of carbonyl (C=O) groups excluding carboxylic acids is 1. The lowest BCUT2D eigenvalue weighted by molar-refractivity contribution is -0.140. The molecule has 0 aliphatic rings. The van der Waals surface area contributed by atoms with Gasteiger partial charge in [-0.3, -0.25) is 4.79 Å². The van der Waals surface area contributed by atoms with E-state index in [0.29, 0.717) is 4.88 Å². The smallest absolute Gasteiger partial charge is 0.328 e. The van der Waals surface area contributed by atoms with E-state index in [-0.39, 0.29) is 0 Å². The van der Waals surface area contributed by atoms with E-state index in [9.17, 15) is 9.59 Å². The van der Waals surface area contributed by atoms with E-state index in [1.54, 1.807) is 6.07 Å². The number of carboxylic acid groups (broad SMARTS) is 1. The molecule has 0 aromatic carbocycles. The summed E-state index contributed by atoms with van der Waals surface area (Å²) >= 11 is 1.30. The standard InChI is InChI=1S/C10H13NO4S/c1-5-3-8(16-6(5)2)9(13)11-7(4-12)10(14)15/h3,7,12H,4H2,1-2H3,(H,11,13)(H,14,15)/t7-/m1/s1. The molecule has 0 bridgehead atoms. The molecule has 1 atom stereocenters. The van der Waals surface area contributed by atoms with Gasteiger partial charge in [0, 0.05) is 4.88 Å². The number of aryl methyl sites for hydroxylation is 2. The molecule has 0 unspecified atom stereocenters. The monoisotopic (exact) mass is 243 g/mol. The molecule has 1 aromatic heterocycles. The summed E-state index contributed by atoms with van der Waals surface area (Å²) in [5.74, 6) is -1.72. The predicted molar refractivity (Wildman–Crippen MR) is 59.8 cm³/mol. The van der Waals surface area contributed by atoms with E-state index in [1.807, 2.05) is 13.8 Å². The summed E-state index contributed by atoms with van der Waals surface area (Å²) in [4.78, 5) is 23.7. The van der Waals surface area contributed by atoms with Crippen LogP contribution >= 0.6 is 11.3 Å². The average Bonchev–Trinajstić information content (AvgIpc) is 2.55. The molecule has 0 radical (unpaired) electrons. The van der Waals surface area contributed by atoms with Gasteiger partial charge in [-0.15, -0.1) is 11.3 Å². The minimum Gasteiger partial charge on any atom is -0.480 e. The molecule has 1 heterocycles. The lowest BCUT2D eigenvalue weighted by Crippen LogP contribution is -2.43. The highest BCUT2D eigenvalue weighted by Gasteiger charge is 2.20. The maximum absolute atomic E-state index is 11.6. The molecule has 0 aliphatic heterocycles. The van der Waals surface area contributed by atoms with Gasteiger partial charge < -0.3 is 15.5 Å². The Kier molecular flexibility index (Phi) is 4.03. The Bertz CT molecular complexity index is 393. The Morgan fingerprint density at radius 1 is 1.50 bits per heavy atom. The number of amides is 1. The van der Waals surface area contributed by atoms with Gasteiger partial charge in [-0.2, -0.15) is 0 Å².